The molecule has 0 fully saturated rings. The fourth-order valence-corrected chi connectivity index (χ4v) is 3.15. The maximum atomic E-state index is 12.0. The summed E-state index contributed by atoms with van der Waals surface area (Å²) in [5.41, 5.74) is 2.15. The van der Waals surface area contributed by atoms with Crippen molar-refractivity contribution in [3.63, 3.8) is 0 Å². The van der Waals surface area contributed by atoms with E-state index in [1.807, 2.05) is 44.2 Å². The topological polar surface area (TPSA) is 38.3 Å². The SMILES string of the molecule is COC(=O)C(NCc1ccccc1)c1cc(C)sc1C. The first kappa shape index (κ1) is 14.8. The van der Waals surface area contributed by atoms with Gasteiger partial charge in [0.25, 0.3) is 0 Å². The highest BCUT2D eigenvalue weighted by molar-refractivity contribution is 7.12. The van der Waals surface area contributed by atoms with Crippen LogP contribution in [0, 0.1) is 13.8 Å². The molecule has 2 rings (SSSR count). The molecule has 20 heavy (non-hydrogen) atoms. The minimum Gasteiger partial charge on any atom is -0.468 e. The van der Waals surface area contributed by atoms with Gasteiger partial charge in [-0.1, -0.05) is 30.3 Å². The third kappa shape index (κ3) is 3.46. The Hall–Kier alpha value is -1.65. The third-order valence-electron chi connectivity index (χ3n) is 3.18. The van der Waals surface area contributed by atoms with Gasteiger partial charge in [0.1, 0.15) is 6.04 Å². The molecule has 3 nitrogen and oxygen atoms in total. The molecule has 1 aromatic heterocycles. The van der Waals surface area contributed by atoms with E-state index in [2.05, 4.69) is 11.4 Å². The van der Waals surface area contributed by atoms with Crippen LogP contribution in [0.5, 0.6) is 0 Å². The average molecular weight is 289 g/mol. The minimum absolute atomic E-state index is 0.248. The lowest BCUT2D eigenvalue weighted by Gasteiger charge is -2.16. The summed E-state index contributed by atoms with van der Waals surface area (Å²) < 4.78 is 4.92. The number of carbonyl (C=O) groups is 1. The maximum Gasteiger partial charge on any atom is 0.327 e. The normalized spacial score (nSPS) is 12.2. The predicted molar refractivity (Wildman–Crippen MR) is 81.8 cm³/mol. The van der Waals surface area contributed by atoms with E-state index in [1.54, 1.807) is 11.3 Å². The highest BCUT2D eigenvalue weighted by Gasteiger charge is 2.23. The molecular formula is C16H19NO2S. The zero-order chi connectivity index (χ0) is 14.5. The Morgan fingerprint density at radius 3 is 2.55 bits per heavy atom. The van der Waals surface area contributed by atoms with Crippen molar-refractivity contribution in [2.24, 2.45) is 0 Å². The first-order valence-electron chi connectivity index (χ1n) is 6.54. The fourth-order valence-electron chi connectivity index (χ4n) is 2.19. The van der Waals surface area contributed by atoms with Crippen molar-refractivity contribution >= 4 is 17.3 Å². The molecule has 1 unspecified atom stereocenters. The number of nitrogens with one attached hydrogen (secondary N) is 1. The molecule has 1 atom stereocenters. The molecule has 0 aliphatic carbocycles. The van der Waals surface area contributed by atoms with Gasteiger partial charge in [0, 0.05) is 16.3 Å². The molecule has 1 heterocycles. The number of aryl methyl sites for hydroxylation is 2. The molecule has 0 aliphatic rings. The number of thiophene rings is 1. The number of ether oxygens (including phenoxy) is 1. The summed E-state index contributed by atoms with van der Waals surface area (Å²) in [7, 11) is 1.42. The van der Waals surface area contributed by atoms with Crippen LogP contribution in [0.25, 0.3) is 0 Å². The van der Waals surface area contributed by atoms with Crippen molar-refractivity contribution in [2.75, 3.05) is 7.11 Å². The molecule has 1 N–H and O–H groups in total. The third-order valence-corrected chi connectivity index (χ3v) is 4.16. The van der Waals surface area contributed by atoms with E-state index >= 15 is 0 Å². The summed E-state index contributed by atoms with van der Waals surface area (Å²) in [5, 5.41) is 3.29. The zero-order valence-corrected chi connectivity index (χ0v) is 12.8. The van der Waals surface area contributed by atoms with Crippen LogP contribution in [0.4, 0.5) is 0 Å². The Kier molecular flexibility index (Phi) is 4.93. The van der Waals surface area contributed by atoms with E-state index in [-0.39, 0.29) is 5.97 Å². The number of hydrogen-bond acceptors (Lipinski definition) is 4. The monoisotopic (exact) mass is 289 g/mol. The van der Waals surface area contributed by atoms with E-state index < -0.39 is 6.04 Å². The van der Waals surface area contributed by atoms with Gasteiger partial charge in [0.15, 0.2) is 0 Å². The highest BCUT2D eigenvalue weighted by Crippen LogP contribution is 2.27. The number of esters is 1. The Morgan fingerprint density at radius 1 is 1.30 bits per heavy atom. The lowest BCUT2D eigenvalue weighted by atomic mass is 10.1. The summed E-state index contributed by atoms with van der Waals surface area (Å²) in [6.07, 6.45) is 0. The number of rotatable bonds is 5. The van der Waals surface area contributed by atoms with Gasteiger partial charge in [-0.25, -0.2) is 4.79 Å². The number of benzene rings is 1. The van der Waals surface area contributed by atoms with Crippen LogP contribution in [0.1, 0.15) is 26.9 Å². The van der Waals surface area contributed by atoms with Crippen molar-refractivity contribution in [3.05, 3.63) is 57.3 Å². The first-order chi connectivity index (χ1) is 9.61. The van der Waals surface area contributed by atoms with Crippen LogP contribution < -0.4 is 5.32 Å². The number of hydrogen-bond donors (Lipinski definition) is 1. The Bertz CT molecular complexity index is 577. The van der Waals surface area contributed by atoms with Gasteiger partial charge in [-0.3, -0.25) is 5.32 Å². The number of carbonyl (C=O) groups excluding carboxylic acids is 1. The standard InChI is InChI=1S/C16H19NO2S/c1-11-9-14(12(2)20-11)15(16(18)19-3)17-10-13-7-5-4-6-8-13/h4-9,15,17H,10H2,1-3H3. The van der Waals surface area contributed by atoms with Crippen molar-refractivity contribution in [2.45, 2.75) is 26.4 Å². The smallest absolute Gasteiger partial charge is 0.327 e. The largest absolute Gasteiger partial charge is 0.468 e. The molecule has 1 aromatic carbocycles. The summed E-state index contributed by atoms with van der Waals surface area (Å²) in [6, 6.07) is 11.7. The molecule has 0 aliphatic heterocycles. The van der Waals surface area contributed by atoms with Gasteiger partial charge in [-0.2, -0.15) is 0 Å². The van der Waals surface area contributed by atoms with E-state index in [0.717, 1.165) is 16.0 Å². The molecule has 2 aromatic rings. The van der Waals surface area contributed by atoms with Gasteiger partial charge >= 0.3 is 5.97 Å². The summed E-state index contributed by atoms with van der Waals surface area (Å²) in [5.74, 6) is -0.248. The first-order valence-corrected chi connectivity index (χ1v) is 7.35. The molecule has 0 amide bonds. The second-order valence-electron chi connectivity index (χ2n) is 4.69. The van der Waals surface area contributed by atoms with Crippen LogP contribution in [-0.4, -0.2) is 13.1 Å². The van der Waals surface area contributed by atoms with Crippen molar-refractivity contribution < 1.29 is 9.53 Å². The zero-order valence-electron chi connectivity index (χ0n) is 12.0. The van der Waals surface area contributed by atoms with E-state index in [1.165, 1.54) is 12.0 Å². The van der Waals surface area contributed by atoms with Crippen LogP contribution in [0.15, 0.2) is 36.4 Å². The summed E-state index contributed by atoms with van der Waals surface area (Å²) in [4.78, 5) is 14.4. The second-order valence-corrected chi connectivity index (χ2v) is 6.15. The Balaban J connectivity index is 2.16. The second kappa shape index (κ2) is 6.68. The van der Waals surface area contributed by atoms with Crippen LogP contribution in [0.2, 0.25) is 0 Å². The molecule has 0 bridgehead atoms. The maximum absolute atomic E-state index is 12.0. The quantitative estimate of drug-likeness (QED) is 0.858. The molecule has 0 saturated carbocycles. The lowest BCUT2D eigenvalue weighted by Crippen LogP contribution is -2.29. The summed E-state index contributed by atoms with van der Waals surface area (Å²) in [6.45, 7) is 4.72. The number of methoxy groups -OCH3 is 1. The molecular weight excluding hydrogens is 270 g/mol. The van der Waals surface area contributed by atoms with Gasteiger partial charge in [-0.05, 0) is 31.0 Å². The molecule has 0 saturated heterocycles. The van der Waals surface area contributed by atoms with Crippen molar-refractivity contribution in [1.29, 1.82) is 0 Å². The van der Waals surface area contributed by atoms with E-state index in [0.29, 0.717) is 6.54 Å². The molecule has 0 spiro atoms. The molecule has 0 radical (unpaired) electrons. The lowest BCUT2D eigenvalue weighted by molar-refractivity contribution is -0.143. The highest BCUT2D eigenvalue weighted by atomic mass is 32.1. The fraction of sp³-hybridized carbons (Fsp3) is 0.312. The van der Waals surface area contributed by atoms with Crippen LogP contribution >= 0.6 is 11.3 Å². The Morgan fingerprint density at radius 2 is 2.00 bits per heavy atom. The van der Waals surface area contributed by atoms with E-state index in [9.17, 15) is 4.79 Å². The van der Waals surface area contributed by atoms with Crippen LogP contribution in [0.3, 0.4) is 0 Å². The van der Waals surface area contributed by atoms with E-state index in [4.69, 9.17) is 4.74 Å². The van der Waals surface area contributed by atoms with Gasteiger partial charge < -0.3 is 4.74 Å². The average Bonchev–Trinajstić information content (AvgIpc) is 2.79. The van der Waals surface area contributed by atoms with Gasteiger partial charge in [-0.15, -0.1) is 11.3 Å². The van der Waals surface area contributed by atoms with Crippen molar-refractivity contribution in [1.82, 2.24) is 5.32 Å². The summed E-state index contributed by atoms with van der Waals surface area (Å²) >= 11 is 1.70. The Labute approximate surface area is 123 Å². The van der Waals surface area contributed by atoms with Crippen molar-refractivity contribution in [3.8, 4) is 0 Å². The molecule has 4 heteroatoms. The van der Waals surface area contributed by atoms with Gasteiger partial charge in [0.05, 0.1) is 7.11 Å². The minimum atomic E-state index is -0.412. The predicted octanol–water partition coefficient (Wildman–Crippen LogP) is 3.37. The van der Waals surface area contributed by atoms with Gasteiger partial charge in [0.2, 0.25) is 0 Å². The molecule has 106 valence electrons. The van der Waals surface area contributed by atoms with Crippen LogP contribution in [-0.2, 0) is 16.1 Å².